The van der Waals surface area contributed by atoms with E-state index in [-0.39, 0.29) is 31.1 Å². The van der Waals surface area contributed by atoms with E-state index in [1.54, 1.807) is 0 Å². The SMILES string of the molecule is CCC/C=C\CCCCCCCC(=O)OCC(COC(=O)CCCCCCCCCCCCCC/C=C\C/C=C\C/C=C\CCCCCCC)OC(=O)CCCCCCCCCCC/C=C\C/C=C\CCCCC. The van der Waals surface area contributed by atoms with Crippen LogP contribution >= 0.6 is 0 Å². The van der Waals surface area contributed by atoms with Gasteiger partial charge in [0.2, 0.25) is 0 Å². The molecule has 0 fully saturated rings. The molecule has 0 aromatic heterocycles. The van der Waals surface area contributed by atoms with E-state index in [0.29, 0.717) is 19.3 Å². The molecule has 0 amide bonds. The molecule has 0 aliphatic carbocycles. The lowest BCUT2D eigenvalue weighted by atomic mass is 10.0. The summed E-state index contributed by atoms with van der Waals surface area (Å²) < 4.78 is 16.9. The second-order valence-corrected chi connectivity index (χ2v) is 21.3. The van der Waals surface area contributed by atoms with Crippen LogP contribution in [0.3, 0.4) is 0 Å². The van der Waals surface area contributed by atoms with Crippen molar-refractivity contribution < 1.29 is 28.6 Å². The zero-order chi connectivity index (χ0) is 53.6. The second-order valence-electron chi connectivity index (χ2n) is 21.3. The Kier molecular flexibility index (Phi) is 59.7. The molecule has 428 valence electrons. The molecule has 0 aliphatic heterocycles. The average molecular weight is 1030 g/mol. The molecular weight excluding hydrogens is 913 g/mol. The molecule has 0 saturated heterocycles. The van der Waals surface area contributed by atoms with E-state index in [1.165, 1.54) is 193 Å². The molecule has 0 N–H and O–H groups in total. The van der Waals surface area contributed by atoms with Crippen molar-refractivity contribution in [2.45, 2.75) is 329 Å². The molecule has 0 heterocycles. The van der Waals surface area contributed by atoms with E-state index >= 15 is 0 Å². The van der Waals surface area contributed by atoms with Crippen molar-refractivity contribution in [1.82, 2.24) is 0 Å². The summed E-state index contributed by atoms with van der Waals surface area (Å²) in [4.78, 5) is 38.2. The lowest BCUT2D eigenvalue weighted by molar-refractivity contribution is -0.167. The van der Waals surface area contributed by atoms with Crippen molar-refractivity contribution >= 4 is 17.9 Å². The van der Waals surface area contributed by atoms with Gasteiger partial charge in [0.05, 0.1) is 0 Å². The summed E-state index contributed by atoms with van der Waals surface area (Å²) in [6.45, 7) is 6.56. The highest BCUT2D eigenvalue weighted by Gasteiger charge is 2.19. The summed E-state index contributed by atoms with van der Waals surface area (Å²) in [5.41, 5.74) is 0. The molecule has 1 atom stereocenters. The van der Waals surface area contributed by atoms with Gasteiger partial charge in [0.1, 0.15) is 13.2 Å². The fraction of sp³-hybridized carbons (Fsp3) is 0.779. The van der Waals surface area contributed by atoms with E-state index in [0.717, 1.165) is 89.9 Å². The minimum absolute atomic E-state index is 0.0793. The van der Waals surface area contributed by atoms with Crippen molar-refractivity contribution in [3.8, 4) is 0 Å². The van der Waals surface area contributed by atoms with Gasteiger partial charge in [0, 0.05) is 19.3 Å². The fourth-order valence-electron chi connectivity index (χ4n) is 9.07. The Balaban J connectivity index is 4.22. The quantitative estimate of drug-likeness (QED) is 0.0261. The van der Waals surface area contributed by atoms with Gasteiger partial charge in [0.15, 0.2) is 6.10 Å². The van der Waals surface area contributed by atoms with Crippen molar-refractivity contribution in [2.24, 2.45) is 0 Å². The van der Waals surface area contributed by atoms with E-state index in [2.05, 4.69) is 93.7 Å². The number of carbonyl (C=O) groups is 3. The van der Waals surface area contributed by atoms with Crippen LogP contribution in [-0.4, -0.2) is 37.2 Å². The van der Waals surface area contributed by atoms with E-state index in [4.69, 9.17) is 14.2 Å². The van der Waals surface area contributed by atoms with Gasteiger partial charge in [-0.25, -0.2) is 0 Å². The number of hydrogen-bond donors (Lipinski definition) is 0. The highest BCUT2D eigenvalue weighted by molar-refractivity contribution is 5.71. The van der Waals surface area contributed by atoms with Crippen LogP contribution < -0.4 is 0 Å². The number of unbranched alkanes of at least 4 members (excludes halogenated alkanes) is 35. The lowest BCUT2D eigenvalue weighted by Gasteiger charge is -2.18. The van der Waals surface area contributed by atoms with Crippen LogP contribution in [0.15, 0.2) is 72.9 Å². The average Bonchev–Trinajstić information content (AvgIpc) is 3.40. The topological polar surface area (TPSA) is 78.9 Å². The van der Waals surface area contributed by atoms with Crippen LogP contribution in [0.5, 0.6) is 0 Å². The van der Waals surface area contributed by atoms with E-state index in [9.17, 15) is 14.4 Å². The number of carbonyl (C=O) groups excluding carboxylic acids is 3. The zero-order valence-corrected chi connectivity index (χ0v) is 49.1. The largest absolute Gasteiger partial charge is 0.462 e. The molecule has 6 nitrogen and oxygen atoms in total. The van der Waals surface area contributed by atoms with Gasteiger partial charge in [-0.2, -0.15) is 0 Å². The van der Waals surface area contributed by atoms with Crippen molar-refractivity contribution in [3.63, 3.8) is 0 Å². The van der Waals surface area contributed by atoms with Crippen LogP contribution in [0, 0.1) is 0 Å². The van der Waals surface area contributed by atoms with Gasteiger partial charge in [-0.3, -0.25) is 14.4 Å². The lowest BCUT2D eigenvalue weighted by Crippen LogP contribution is -2.30. The van der Waals surface area contributed by atoms with Gasteiger partial charge in [-0.05, 0) is 109 Å². The van der Waals surface area contributed by atoms with Gasteiger partial charge in [0.25, 0.3) is 0 Å². The predicted molar refractivity (Wildman–Crippen MR) is 321 cm³/mol. The highest BCUT2D eigenvalue weighted by atomic mass is 16.6. The normalized spacial score (nSPS) is 12.5. The van der Waals surface area contributed by atoms with Crippen LogP contribution in [0.2, 0.25) is 0 Å². The summed E-state index contributed by atoms with van der Waals surface area (Å²) in [6.07, 6.45) is 80.6. The van der Waals surface area contributed by atoms with Crippen molar-refractivity contribution in [2.75, 3.05) is 13.2 Å². The van der Waals surface area contributed by atoms with Gasteiger partial charge in [-0.1, -0.05) is 267 Å². The van der Waals surface area contributed by atoms with Gasteiger partial charge in [-0.15, -0.1) is 0 Å². The number of hydrogen-bond acceptors (Lipinski definition) is 6. The summed E-state index contributed by atoms with van der Waals surface area (Å²) in [7, 11) is 0. The molecule has 0 radical (unpaired) electrons. The maximum Gasteiger partial charge on any atom is 0.306 e. The van der Waals surface area contributed by atoms with Gasteiger partial charge < -0.3 is 14.2 Å². The molecule has 0 aliphatic rings. The Bertz CT molecular complexity index is 1370. The Labute approximate surface area is 459 Å². The molecule has 6 heteroatoms. The molecule has 0 aromatic rings. The van der Waals surface area contributed by atoms with E-state index in [1.807, 2.05) is 0 Å². The smallest absolute Gasteiger partial charge is 0.306 e. The maximum atomic E-state index is 12.9. The maximum absolute atomic E-state index is 12.9. The molecule has 0 saturated carbocycles. The van der Waals surface area contributed by atoms with E-state index < -0.39 is 6.10 Å². The standard InChI is InChI=1S/C68H120O6/c1-4-7-10-13-16-19-22-24-26-28-30-31-32-33-34-35-36-37-39-40-42-44-46-49-52-55-58-61-67(70)73-64-65(63-72-66(69)60-57-54-51-48-21-18-15-12-9-6-3)74-68(71)62-59-56-53-50-47-45-43-41-38-29-27-25-23-20-17-14-11-8-5-2/h12,15,17,20,22,24-25,27-28,30,32-33,65H,4-11,13-14,16,18-19,21,23,26,29,31,34-64H2,1-3H3/b15-12-,20-17-,24-22-,27-25-,30-28-,33-32-. The minimum atomic E-state index is -0.782. The van der Waals surface area contributed by atoms with Crippen molar-refractivity contribution in [1.29, 1.82) is 0 Å². The summed E-state index contributed by atoms with van der Waals surface area (Å²) in [6, 6.07) is 0. The van der Waals surface area contributed by atoms with Gasteiger partial charge >= 0.3 is 17.9 Å². The first-order valence-corrected chi connectivity index (χ1v) is 31.9. The summed E-state index contributed by atoms with van der Waals surface area (Å²) >= 11 is 0. The molecule has 0 spiro atoms. The van der Waals surface area contributed by atoms with Crippen LogP contribution in [0.4, 0.5) is 0 Å². The minimum Gasteiger partial charge on any atom is -0.462 e. The molecular formula is C68H120O6. The second kappa shape index (κ2) is 62.4. The van der Waals surface area contributed by atoms with Crippen molar-refractivity contribution in [3.05, 3.63) is 72.9 Å². The molecule has 0 rings (SSSR count). The zero-order valence-electron chi connectivity index (χ0n) is 49.1. The molecule has 0 aromatic carbocycles. The van der Waals surface area contributed by atoms with Crippen LogP contribution in [-0.2, 0) is 28.6 Å². The highest BCUT2D eigenvalue weighted by Crippen LogP contribution is 2.16. The van der Waals surface area contributed by atoms with Crippen LogP contribution in [0.25, 0.3) is 0 Å². The molecule has 1 unspecified atom stereocenters. The monoisotopic (exact) mass is 1030 g/mol. The number of esters is 3. The Morgan fingerprint density at radius 1 is 0.270 bits per heavy atom. The third kappa shape index (κ3) is 59.7. The first-order valence-electron chi connectivity index (χ1n) is 31.9. The molecule has 74 heavy (non-hydrogen) atoms. The third-order valence-corrected chi connectivity index (χ3v) is 13.9. The predicted octanol–water partition coefficient (Wildman–Crippen LogP) is 21.7. The number of ether oxygens (including phenoxy) is 3. The number of rotatable bonds is 58. The number of allylic oxidation sites excluding steroid dienone is 12. The fourth-order valence-corrected chi connectivity index (χ4v) is 9.07. The Morgan fingerprint density at radius 2 is 0.514 bits per heavy atom. The molecule has 0 bridgehead atoms. The Hall–Kier alpha value is -3.15. The first kappa shape index (κ1) is 70.8. The van der Waals surface area contributed by atoms with Crippen LogP contribution in [0.1, 0.15) is 323 Å². The third-order valence-electron chi connectivity index (χ3n) is 13.9. The summed E-state index contributed by atoms with van der Waals surface area (Å²) in [5, 5.41) is 0. The first-order chi connectivity index (χ1) is 36.5. The summed E-state index contributed by atoms with van der Waals surface area (Å²) in [5.74, 6) is -0.885. The Morgan fingerprint density at radius 3 is 0.851 bits per heavy atom.